The molecule has 11 heteroatoms. The second-order valence-electron chi connectivity index (χ2n) is 10.9. The smallest absolute Gasteiger partial charge is 0.357 e. The second kappa shape index (κ2) is 11.0. The first-order chi connectivity index (χ1) is 20.7. The standard InChI is InChI=1S/C32H30ClN3O7/c1-18(37)22-7-5-20(33)15-23(22)24-16-29(38)35(17-28(24)42-3)26(9-12-41-2)30(39)34-21-6-8-25-19(13-21)14-27-31(40)43-32(36(25)27)10-4-11-32/h5-8,13-17,26H,4,9-12H2,1-3H3,(H,34,39)/t26-/m0/s1. The minimum absolute atomic E-state index is 0.194. The Balaban J connectivity index is 1.34. The van der Waals surface area contributed by atoms with E-state index in [0.29, 0.717) is 38.8 Å². The number of ketones is 1. The number of benzene rings is 2. The van der Waals surface area contributed by atoms with Crippen molar-refractivity contribution in [1.82, 2.24) is 9.13 Å². The predicted octanol–water partition coefficient (Wildman–Crippen LogP) is 5.56. The van der Waals surface area contributed by atoms with Crippen molar-refractivity contribution in [2.45, 2.75) is 44.4 Å². The van der Waals surface area contributed by atoms with Crippen molar-refractivity contribution in [1.29, 1.82) is 0 Å². The molecule has 0 unspecified atom stereocenters. The second-order valence-corrected chi connectivity index (χ2v) is 11.3. The maximum Gasteiger partial charge on any atom is 0.357 e. The fraction of sp³-hybridized carbons (Fsp3) is 0.312. The molecule has 43 heavy (non-hydrogen) atoms. The monoisotopic (exact) mass is 603 g/mol. The summed E-state index contributed by atoms with van der Waals surface area (Å²) in [5, 5.41) is 4.12. The maximum absolute atomic E-state index is 13.7. The Morgan fingerprint density at radius 1 is 1.07 bits per heavy atom. The molecule has 1 saturated carbocycles. The summed E-state index contributed by atoms with van der Waals surface area (Å²) >= 11 is 6.23. The minimum Gasteiger partial charge on any atom is -0.495 e. The van der Waals surface area contributed by atoms with E-state index in [2.05, 4.69) is 5.32 Å². The summed E-state index contributed by atoms with van der Waals surface area (Å²) in [6, 6.07) is 12.4. The molecule has 2 aromatic carbocycles. The summed E-state index contributed by atoms with van der Waals surface area (Å²) in [5.41, 5.74) is 2.03. The molecule has 2 aliphatic rings. The van der Waals surface area contributed by atoms with Crippen molar-refractivity contribution in [2.75, 3.05) is 26.1 Å². The third kappa shape index (κ3) is 4.90. The van der Waals surface area contributed by atoms with Gasteiger partial charge in [-0.3, -0.25) is 23.5 Å². The van der Waals surface area contributed by atoms with Gasteiger partial charge in [0, 0.05) is 66.3 Å². The van der Waals surface area contributed by atoms with Gasteiger partial charge in [0.1, 0.15) is 17.5 Å². The maximum atomic E-state index is 13.7. The zero-order valence-corrected chi connectivity index (χ0v) is 24.7. The van der Waals surface area contributed by atoms with Crippen LogP contribution in [-0.2, 0) is 20.0 Å². The fourth-order valence-corrected chi connectivity index (χ4v) is 6.17. The zero-order valence-electron chi connectivity index (χ0n) is 23.9. The number of esters is 1. The van der Waals surface area contributed by atoms with Gasteiger partial charge in [-0.1, -0.05) is 11.6 Å². The molecule has 0 bridgehead atoms. The van der Waals surface area contributed by atoms with Crippen LogP contribution in [0.25, 0.3) is 22.0 Å². The number of nitrogens with zero attached hydrogens (tertiary/aromatic N) is 2. The molecule has 10 nitrogen and oxygen atoms in total. The first kappa shape index (κ1) is 28.7. The molecular weight excluding hydrogens is 574 g/mol. The Morgan fingerprint density at radius 3 is 2.53 bits per heavy atom. The van der Waals surface area contributed by atoms with E-state index in [1.165, 1.54) is 38.0 Å². The number of anilines is 1. The van der Waals surface area contributed by atoms with Crippen LogP contribution in [0.2, 0.25) is 5.02 Å². The fourth-order valence-electron chi connectivity index (χ4n) is 6.00. The topological polar surface area (TPSA) is 118 Å². The summed E-state index contributed by atoms with van der Waals surface area (Å²) in [5.74, 6) is -0.672. The van der Waals surface area contributed by atoms with E-state index >= 15 is 0 Å². The number of halogens is 1. The summed E-state index contributed by atoms with van der Waals surface area (Å²) in [6.07, 6.45) is 4.22. The van der Waals surface area contributed by atoms with Crippen LogP contribution in [0.15, 0.2) is 59.5 Å². The molecule has 222 valence electrons. The Morgan fingerprint density at radius 2 is 1.86 bits per heavy atom. The number of pyridine rings is 1. The third-order valence-electron chi connectivity index (χ3n) is 8.25. The van der Waals surface area contributed by atoms with Gasteiger partial charge in [0.05, 0.1) is 18.8 Å². The van der Waals surface area contributed by atoms with Crippen molar-refractivity contribution in [3.05, 3.63) is 81.4 Å². The highest BCUT2D eigenvalue weighted by atomic mass is 35.5. The van der Waals surface area contributed by atoms with Crippen LogP contribution in [0.4, 0.5) is 5.69 Å². The zero-order chi connectivity index (χ0) is 30.5. The summed E-state index contributed by atoms with van der Waals surface area (Å²) in [6.45, 7) is 1.65. The number of carbonyl (C=O) groups is 3. The third-order valence-corrected chi connectivity index (χ3v) is 8.49. The number of nitrogens with one attached hydrogen (secondary N) is 1. The number of hydrogen-bond acceptors (Lipinski definition) is 7. The number of aromatic nitrogens is 2. The van der Waals surface area contributed by atoms with Crippen LogP contribution in [-0.4, -0.2) is 47.6 Å². The average molecular weight is 604 g/mol. The van der Waals surface area contributed by atoms with Gasteiger partial charge < -0.3 is 19.5 Å². The van der Waals surface area contributed by atoms with Crippen LogP contribution in [0, 0.1) is 0 Å². The van der Waals surface area contributed by atoms with Crippen LogP contribution >= 0.6 is 11.6 Å². The molecule has 1 amide bonds. The van der Waals surface area contributed by atoms with Crippen molar-refractivity contribution >= 4 is 45.9 Å². The van der Waals surface area contributed by atoms with Crippen LogP contribution < -0.4 is 15.6 Å². The predicted molar refractivity (Wildman–Crippen MR) is 161 cm³/mol. The largest absolute Gasteiger partial charge is 0.495 e. The number of carbonyl (C=O) groups excluding carboxylic acids is 3. The van der Waals surface area contributed by atoms with Gasteiger partial charge in [0.15, 0.2) is 11.5 Å². The number of amides is 1. The lowest BCUT2D eigenvalue weighted by molar-refractivity contribution is -0.119. The van der Waals surface area contributed by atoms with E-state index in [-0.39, 0.29) is 24.8 Å². The molecule has 1 N–H and O–H groups in total. The molecule has 2 aromatic heterocycles. The number of methoxy groups -OCH3 is 2. The first-order valence-electron chi connectivity index (χ1n) is 14.0. The van der Waals surface area contributed by atoms with E-state index in [1.54, 1.807) is 36.4 Å². The van der Waals surface area contributed by atoms with Gasteiger partial charge in [-0.25, -0.2) is 4.79 Å². The number of fused-ring (bicyclic) bond motifs is 4. The van der Waals surface area contributed by atoms with Crippen molar-refractivity contribution in [3.63, 3.8) is 0 Å². The van der Waals surface area contributed by atoms with Crippen molar-refractivity contribution in [3.8, 4) is 16.9 Å². The van der Waals surface area contributed by atoms with E-state index in [9.17, 15) is 19.2 Å². The number of hydrogen-bond donors (Lipinski definition) is 1. The lowest BCUT2D eigenvalue weighted by Crippen LogP contribution is -2.39. The lowest BCUT2D eigenvalue weighted by Gasteiger charge is -2.38. The molecule has 0 saturated heterocycles. The van der Waals surface area contributed by atoms with E-state index in [0.717, 1.165) is 30.2 Å². The SMILES string of the molecule is COCC[C@@H](C(=O)Nc1ccc2c(c1)cc1n2C2(CCC2)OC1=O)n1cc(OC)c(-c2cc(Cl)ccc2C(C)=O)cc1=O. The number of rotatable bonds is 9. The Kier molecular flexibility index (Phi) is 7.35. The average Bonchev–Trinajstić information content (AvgIpc) is 3.48. The van der Waals surface area contributed by atoms with E-state index < -0.39 is 23.2 Å². The van der Waals surface area contributed by atoms with Gasteiger partial charge >= 0.3 is 5.97 Å². The van der Waals surface area contributed by atoms with Crippen molar-refractivity contribution in [2.24, 2.45) is 0 Å². The molecule has 1 fully saturated rings. The van der Waals surface area contributed by atoms with Gasteiger partial charge in [0.2, 0.25) is 5.91 Å². The molecule has 1 aliphatic heterocycles. The summed E-state index contributed by atoms with van der Waals surface area (Å²) < 4.78 is 19.8. The van der Waals surface area contributed by atoms with E-state index in [1.807, 2.05) is 10.6 Å². The summed E-state index contributed by atoms with van der Waals surface area (Å²) in [7, 11) is 2.97. The van der Waals surface area contributed by atoms with Crippen LogP contribution in [0.3, 0.4) is 0 Å². The normalized spacial score (nSPS) is 15.6. The van der Waals surface area contributed by atoms with Crippen LogP contribution in [0.1, 0.15) is 59.5 Å². The van der Waals surface area contributed by atoms with Crippen LogP contribution in [0.5, 0.6) is 5.75 Å². The highest BCUT2D eigenvalue weighted by molar-refractivity contribution is 6.31. The van der Waals surface area contributed by atoms with Gasteiger partial charge in [-0.2, -0.15) is 0 Å². The van der Waals surface area contributed by atoms with Gasteiger partial charge in [-0.05, 0) is 61.4 Å². The van der Waals surface area contributed by atoms with E-state index in [4.69, 9.17) is 25.8 Å². The number of ether oxygens (including phenoxy) is 3. The molecule has 3 heterocycles. The molecule has 1 atom stereocenters. The molecule has 1 aliphatic carbocycles. The highest BCUT2D eigenvalue weighted by Gasteiger charge is 2.50. The Labute approximate surface area is 252 Å². The minimum atomic E-state index is -0.940. The molecule has 1 spiro atoms. The first-order valence-corrected chi connectivity index (χ1v) is 14.3. The number of Topliss-reactive ketones (excluding diaryl/α,β-unsaturated/α-hetero) is 1. The molecule has 4 aromatic rings. The Bertz CT molecular complexity index is 1850. The van der Waals surface area contributed by atoms with Gasteiger partial charge in [-0.15, -0.1) is 0 Å². The van der Waals surface area contributed by atoms with Crippen molar-refractivity contribution < 1.29 is 28.6 Å². The molecule has 6 rings (SSSR count). The Hall–Kier alpha value is -4.41. The molecule has 0 radical (unpaired) electrons. The molecular formula is C32H30ClN3O7. The highest BCUT2D eigenvalue weighted by Crippen LogP contribution is 2.48. The quantitative estimate of drug-likeness (QED) is 0.197. The van der Waals surface area contributed by atoms with Gasteiger partial charge in [0.25, 0.3) is 5.56 Å². The lowest BCUT2D eigenvalue weighted by atomic mass is 9.88. The summed E-state index contributed by atoms with van der Waals surface area (Å²) in [4.78, 5) is 52.1.